The summed E-state index contributed by atoms with van der Waals surface area (Å²) >= 11 is 6.17. The van der Waals surface area contributed by atoms with Crippen LogP contribution in [0.5, 0.6) is 5.75 Å². The number of halogens is 3. The highest BCUT2D eigenvalue weighted by molar-refractivity contribution is 6.20. The van der Waals surface area contributed by atoms with Crippen molar-refractivity contribution in [2.75, 3.05) is 7.11 Å². The third-order valence-corrected chi connectivity index (χ3v) is 3.23. The molecule has 0 N–H and O–H groups in total. The smallest absolute Gasteiger partial charge is 0.128 e. The van der Waals surface area contributed by atoms with Gasteiger partial charge in [-0.05, 0) is 42.3 Å². The molecule has 0 aliphatic carbocycles. The predicted molar refractivity (Wildman–Crippen MR) is 71.7 cm³/mol. The van der Waals surface area contributed by atoms with Crippen LogP contribution in [0.3, 0.4) is 0 Å². The van der Waals surface area contributed by atoms with E-state index in [1.165, 1.54) is 0 Å². The average molecular weight is 283 g/mol. The molecule has 0 saturated heterocycles. The van der Waals surface area contributed by atoms with Crippen molar-refractivity contribution < 1.29 is 13.5 Å². The van der Waals surface area contributed by atoms with E-state index in [2.05, 4.69) is 0 Å². The fraction of sp³-hybridized carbons (Fsp3) is 0.200. The molecule has 1 unspecified atom stereocenters. The molecule has 0 fully saturated rings. The Morgan fingerprint density at radius 2 is 1.95 bits per heavy atom. The van der Waals surface area contributed by atoms with Crippen LogP contribution < -0.4 is 4.74 Å². The zero-order valence-electron chi connectivity index (χ0n) is 10.4. The SMILES string of the molecule is COc1cccc(CC(Cl)c2cc(F)ccc2F)c1. The van der Waals surface area contributed by atoms with Gasteiger partial charge in [0.2, 0.25) is 0 Å². The van der Waals surface area contributed by atoms with Gasteiger partial charge in [0.05, 0.1) is 12.5 Å². The number of hydrogen-bond donors (Lipinski definition) is 0. The summed E-state index contributed by atoms with van der Waals surface area (Å²) in [5.74, 6) is -0.280. The van der Waals surface area contributed by atoms with Crippen molar-refractivity contribution in [1.82, 2.24) is 0 Å². The molecule has 0 saturated carbocycles. The molecule has 0 aliphatic heterocycles. The van der Waals surface area contributed by atoms with Gasteiger partial charge in [-0.25, -0.2) is 8.78 Å². The fourth-order valence-electron chi connectivity index (χ4n) is 1.87. The minimum absolute atomic E-state index is 0.171. The van der Waals surface area contributed by atoms with E-state index < -0.39 is 17.0 Å². The Balaban J connectivity index is 2.20. The van der Waals surface area contributed by atoms with E-state index in [1.807, 2.05) is 24.3 Å². The van der Waals surface area contributed by atoms with E-state index in [0.717, 1.165) is 23.8 Å². The standard InChI is InChI=1S/C15H13ClF2O/c1-19-12-4-2-3-10(7-12)8-14(16)13-9-11(17)5-6-15(13)18/h2-7,9,14H,8H2,1H3. The van der Waals surface area contributed by atoms with Gasteiger partial charge in [0.25, 0.3) is 0 Å². The molecule has 0 aliphatic rings. The Kier molecular flexibility index (Phi) is 4.38. The number of benzene rings is 2. The first-order valence-electron chi connectivity index (χ1n) is 5.82. The number of ether oxygens (including phenoxy) is 1. The van der Waals surface area contributed by atoms with Crippen LogP contribution in [0.2, 0.25) is 0 Å². The van der Waals surface area contributed by atoms with Crippen molar-refractivity contribution in [1.29, 1.82) is 0 Å². The highest BCUT2D eigenvalue weighted by Gasteiger charge is 2.15. The second-order valence-corrected chi connectivity index (χ2v) is 4.72. The van der Waals surface area contributed by atoms with Gasteiger partial charge in [0.15, 0.2) is 0 Å². The average Bonchev–Trinajstić information content (AvgIpc) is 2.41. The van der Waals surface area contributed by atoms with Crippen molar-refractivity contribution in [3.05, 3.63) is 65.2 Å². The van der Waals surface area contributed by atoms with Crippen molar-refractivity contribution >= 4 is 11.6 Å². The highest BCUT2D eigenvalue weighted by Crippen LogP contribution is 2.28. The predicted octanol–water partition coefficient (Wildman–Crippen LogP) is 4.50. The van der Waals surface area contributed by atoms with Crippen LogP contribution in [0.15, 0.2) is 42.5 Å². The maximum Gasteiger partial charge on any atom is 0.128 e. The monoisotopic (exact) mass is 282 g/mol. The van der Waals surface area contributed by atoms with Gasteiger partial charge in [0.1, 0.15) is 17.4 Å². The minimum Gasteiger partial charge on any atom is -0.497 e. The molecule has 4 heteroatoms. The number of hydrogen-bond acceptors (Lipinski definition) is 1. The number of methoxy groups -OCH3 is 1. The summed E-state index contributed by atoms with van der Waals surface area (Å²) in [5, 5.41) is -0.622. The van der Waals surface area contributed by atoms with Crippen molar-refractivity contribution in [3.8, 4) is 5.75 Å². The molecule has 0 aromatic heterocycles. The Morgan fingerprint density at radius 3 is 2.68 bits per heavy atom. The van der Waals surface area contributed by atoms with Crippen LogP contribution in [-0.4, -0.2) is 7.11 Å². The Bertz CT molecular complexity index is 572. The van der Waals surface area contributed by atoms with E-state index >= 15 is 0 Å². The first kappa shape index (κ1) is 13.8. The van der Waals surface area contributed by atoms with Crippen molar-refractivity contribution in [2.24, 2.45) is 0 Å². The molecule has 0 bridgehead atoms. The molecule has 2 aromatic carbocycles. The summed E-state index contributed by atoms with van der Waals surface area (Å²) in [7, 11) is 1.57. The first-order valence-corrected chi connectivity index (χ1v) is 6.25. The molecule has 2 rings (SSSR count). The zero-order chi connectivity index (χ0) is 13.8. The van der Waals surface area contributed by atoms with E-state index in [9.17, 15) is 8.78 Å². The van der Waals surface area contributed by atoms with Gasteiger partial charge in [-0.2, -0.15) is 0 Å². The molecule has 2 aromatic rings. The summed E-state index contributed by atoms with van der Waals surface area (Å²) in [5.41, 5.74) is 1.08. The lowest BCUT2D eigenvalue weighted by molar-refractivity contribution is 0.414. The molecule has 0 heterocycles. The van der Waals surface area contributed by atoms with Crippen LogP contribution in [-0.2, 0) is 6.42 Å². The van der Waals surface area contributed by atoms with Crippen molar-refractivity contribution in [3.63, 3.8) is 0 Å². The number of rotatable bonds is 4. The quantitative estimate of drug-likeness (QED) is 0.751. The van der Waals surface area contributed by atoms with E-state index in [1.54, 1.807) is 7.11 Å². The molecular weight excluding hydrogens is 270 g/mol. The summed E-state index contributed by atoms with van der Waals surface area (Å²) in [6, 6.07) is 10.6. The molecule has 1 atom stereocenters. The molecule has 0 amide bonds. The topological polar surface area (TPSA) is 9.23 Å². The first-order chi connectivity index (χ1) is 9.10. The van der Waals surface area contributed by atoms with Gasteiger partial charge in [-0.3, -0.25) is 0 Å². The van der Waals surface area contributed by atoms with Crippen LogP contribution in [0, 0.1) is 11.6 Å². The van der Waals surface area contributed by atoms with E-state index in [-0.39, 0.29) is 5.56 Å². The van der Waals surface area contributed by atoms with Crippen LogP contribution in [0.4, 0.5) is 8.78 Å². The third kappa shape index (κ3) is 3.44. The Morgan fingerprint density at radius 1 is 1.16 bits per heavy atom. The molecule has 19 heavy (non-hydrogen) atoms. The van der Waals surface area contributed by atoms with Crippen molar-refractivity contribution in [2.45, 2.75) is 11.8 Å². The number of alkyl halides is 1. The van der Waals surface area contributed by atoms with Gasteiger partial charge < -0.3 is 4.74 Å². The van der Waals surface area contributed by atoms with Gasteiger partial charge in [-0.1, -0.05) is 12.1 Å². The lowest BCUT2D eigenvalue weighted by Gasteiger charge is -2.12. The maximum absolute atomic E-state index is 13.6. The van der Waals surface area contributed by atoms with Crippen LogP contribution >= 0.6 is 11.6 Å². The molecule has 0 radical (unpaired) electrons. The van der Waals surface area contributed by atoms with E-state index in [0.29, 0.717) is 12.2 Å². The molecule has 1 nitrogen and oxygen atoms in total. The normalized spacial score (nSPS) is 12.2. The van der Waals surface area contributed by atoms with Gasteiger partial charge in [0, 0.05) is 5.56 Å². The fourth-order valence-corrected chi connectivity index (χ4v) is 2.22. The largest absolute Gasteiger partial charge is 0.497 e. The Hall–Kier alpha value is -1.61. The highest BCUT2D eigenvalue weighted by atomic mass is 35.5. The summed E-state index contributed by atoms with van der Waals surface area (Å²) in [6.07, 6.45) is 0.402. The second-order valence-electron chi connectivity index (χ2n) is 4.19. The Labute approximate surface area is 115 Å². The lowest BCUT2D eigenvalue weighted by atomic mass is 10.0. The molecule has 0 spiro atoms. The summed E-state index contributed by atoms with van der Waals surface area (Å²) in [4.78, 5) is 0. The zero-order valence-corrected chi connectivity index (χ0v) is 11.1. The summed E-state index contributed by atoms with van der Waals surface area (Å²) < 4.78 is 31.8. The maximum atomic E-state index is 13.6. The minimum atomic E-state index is -0.622. The van der Waals surface area contributed by atoms with Crippen LogP contribution in [0.25, 0.3) is 0 Å². The van der Waals surface area contributed by atoms with E-state index in [4.69, 9.17) is 16.3 Å². The molecule has 100 valence electrons. The summed E-state index contributed by atoms with van der Waals surface area (Å²) in [6.45, 7) is 0. The second kappa shape index (κ2) is 6.02. The lowest BCUT2D eigenvalue weighted by Crippen LogP contribution is -2.00. The third-order valence-electron chi connectivity index (χ3n) is 2.84. The van der Waals surface area contributed by atoms with Gasteiger partial charge in [-0.15, -0.1) is 11.6 Å². The van der Waals surface area contributed by atoms with Gasteiger partial charge >= 0.3 is 0 Å². The molecular formula is C15H13ClF2O. The van der Waals surface area contributed by atoms with Crippen LogP contribution in [0.1, 0.15) is 16.5 Å².